The Labute approximate surface area is 189 Å². The van der Waals surface area contributed by atoms with Crippen LogP contribution in [0, 0.1) is 6.92 Å². The van der Waals surface area contributed by atoms with Crippen molar-refractivity contribution in [1.82, 2.24) is 15.1 Å². The van der Waals surface area contributed by atoms with Crippen molar-refractivity contribution in [3.63, 3.8) is 0 Å². The zero-order valence-electron chi connectivity index (χ0n) is 19.3. The number of carbonyl (C=O) groups excluding carboxylic acids is 2. The molecule has 1 aromatic rings. The lowest BCUT2D eigenvalue weighted by atomic mass is 10.1. The molecule has 0 heterocycles. The number of alkyl carbamates (subject to hydrolysis) is 1. The molecule has 0 saturated carbocycles. The molecule has 0 aliphatic carbocycles. The molecule has 12 heteroatoms. The minimum Gasteiger partial charge on any atom is -0.444 e. The number of guanidine groups is 1. The van der Waals surface area contributed by atoms with E-state index < -0.39 is 33.7 Å². The number of amides is 2. The largest absolute Gasteiger partial charge is 0.444 e. The Morgan fingerprint density at radius 1 is 1.22 bits per heavy atom. The van der Waals surface area contributed by atoms with Crippen LogP contribution in [0.5, 0.6) is 0 Å². The van der Waals surface area contributed by atoms with Gasteiger partial charge in [-0.05, 0) is 52.7 Å². The standard InChI is InChI=1S/C20H33N5O6S/c1-14-9-11-15(12-10-14)32(28,29)24-18(21)22-13-7-8-16(17(26)25(5)30-6)23-19(27)31-20(2,3)4/h9-12,16H,7-8,13H2,1-6H3,(H,23,27)(H3,21,22,24). The van der Waals surface area contributed by atoms with Gasteiger partial charge in [0.1, 0.15) is 11.6 Å². The number of nitrogens with one attached hydrogen (secondary N) is 2. The number of aliphatic imine (C=N–C) groups is 1. The van der Waals surface area contributed by atoms with Crippen LogP contribution in [0.2, 0.25) is 0 Å². The van der Waals surface area contributed by atoms with E-state index in [9.17, 15) is 18.0 Å². The van der Waals surface area contributed by atoms with Crippen molar-refractivity contribution in [3.8, 4) is 0 Å². The molecule has 11 nitrogen and oxygen atoms in total. The van der Waals surface area contributed by atoms with Gasteiger partial charge < -0.3 is 15.8 Å². The van der Waals surface area contributed by atoms with Crippen LogP contribution in [0.4, 0.5) is 4.79 Å². The summed E-state index contributed by atoms with van der Waals surface area (Å²) < 4.78 is 32.1. The van der Waals surface area contributed by atoms with Gasteiger partial charge in [0.2, 0.25) is 5.96 Å². The molecule has 0 bridgehead atoms. The first-order valence-corrected chi connectivity index (χ1v) is 11.4. The van der Waals surface area contributed by atoms with Gasteiger partial charge in [0.15, 0.2) is 0 Å². The predicted octanol–water partition coefficient (Wildman–Crippen LogP) is 1.28. The van der Waals surface area contributed by atoms with Gasteiger partial charge in [0.25, 0.3) is 15.9 Å². The summed E-state index contributed by atoms with van der Waals surface area (Å²) in [5.74, 6) is -0.752. The van der Waals surface area contributed by atoms with Gasteiger partial charge >= 0.3 is 6.09 Å². The summed E-state index contributed by atoms with van der Waals surface area (Å²) >= 11 is 0. The fourth-order valence-corrected chi connectivity index (χ4v) is 3.41. The van der Waals surface area contributed by atoms with Crippen LogP contribution in [0.15, 0.2) is 34.2 Å². The molecule has 1 unspecified atom stereocenters. The van der Waals surface area contributed by atoms with Crippen LogP contribution in [-0.2, 0) is 24.4 Å². The number of rotatable bonds is 9. The quantitative estimate of drug-likeness (QED) is 0.212. The topological polar surface area (TPSA) is 152 Å². The molecule has 2 amide bonds. The number of hydroxylamine groups is 2. The van der Waals surface area contributed by atoms with Crippen LogP contribution < -0.4 is 15.8 Å². The molecule has 0 radical (unpaired) electrons. The number of carbonyl (C=O) groups is 2. The zero-order chi connectivity index (χ0) is 24.5. The Balaban J connectivity index is 2.71. The van der Waals surface area contributed by atoms with Crippen molar-refractivity contribution < 1.29 is 27.6 Å². The molecule has 0 saturated heterocycles. The van der Waals surface area contributed by atoms with E-state index in [1.807, 2.05) is 6.92 Å². The third-order valence-corrected chi connectivity index (χ3v) is 5.45. The van der Waals surface area contributed by atoms with Gasteiger partial charge in [-0.25, -0.2) is 23.0 Å². The summed E-state index contributed by atoms with van der Waals surface area (Å²) in [4.78, 5) is 33.5. The van der Waals surface area contributed by atoms with Gasteiger partial charge in [-0.1, -0.05) is 17.7 Å². The Bertz CT molecular complexity index is 909. The number of hydrogen-bond acceptors (Lipinski definition) is 7. The summed E-state index contributed by atoms with van der Waals surface area (Å²) in [5.41, 5.74) is 5.90. The van der Waals surface area contributed by atoms with E-state index in [0.717, 1.165) is 10.6 Å². The van der Waals surface area contributed by atoms with Crippen molar-refractivity contribution in [3.05, 3.63) is 29.8 Å². The van der Waals surface area contributed by atoms with E-state index in [2.05, 4.69) is 15.0 Å². The first-order valence-electron chi connectivity index (χ1n) is 9.96. The molecule has 0 aromatic heterocycles. The first-order chi connectivity index (χ1) is 14.7. The van der Waals surface area contributed by atoms with Gasteiger partial charge in [-0.15, -0.1) is 0 Å². The van der Waals surface area contributed by atoms with E-state index in [1.165, 1.54) is 26.3 Å². The fourth-order valence-electron chi connectivity index (χ4n) is 2.46. The maximum absolute atomic E-state index is 12.5. The van der Waals surface area contributed by atoms with Crippen LogP contribution in [0.1, 0.15) is 39.2 Å². The lowest BCUT2D eigenvalue weighted by molar-refractivity contribution is -0.171. The fraction of sp³-hybridized carbons (Fsp3) is 0.550. The SMILES string of the molecule is CON(C)C(=O)C(CCCN=C(N)NS(=O)(=O)c1ccc(C)cc1)NC(=O)OC(C)(C)C. The van der Waals surface area contributed by atoms with Gasteiger partial charge in [0, 0.05) is 13.6 Å². The van der Waals surface area contributed by atoms with Crippen LogP contribution >= 0.6 is 0 Å². The molecule has 0 spiro atoms. The average molecular weight is 472 g/mol. The highest BCUT2D eigenvalue weighted by molar-refractivity contribution is 7.90. The van der Waals surface area contributed by atoms with E-state index in [0.29, 0.717) is 6.42 Å². The number of likely N-dealkylation sites (N-methyl/N-ethyl adjacent to an activating group) is 1. The van der Waals surface area contributed by atoms with E-state index in [1.54, 1.807) is 32.9 Å². The van der Waals surface area contributed by atoms with Crippen molar-refractivity contribution in [2.24, 2.45) is 10.7 Å². The maximum Gasteiger partial charge on any atom is 0.408 e. The zero-order valence-corrected chi connectivity index (χ0v) is 20.2. The van der Waals surface area contributed by atoms with Gasteiger partial charge in [0.05, 0.1) is 12.0 Å². The molecule has 0 aliphatic rings. The molecular formula is C20H33N5O6S. The maximum atomic E-state index is 12.5. The summed E-state index contributed by atoms with van der Waals surface area (Å²) in [6, 6.07) is 5.36. The summed E-state index contributed by atoms with van der Waals surface area (Å²) in [6.07, 6.45) is -0.210. The third-order valence-electron chi connectivity index (χ3n) is 4.08. The highest BCUT2D eigenvalue weighted by atomic mass is 32.2. The second kappa shape index (κ2) is 11.7. The first kappa shape index (κ1) is 27.2. The second-order valence-electron chi connectivity index (χ2n) is 8.04. The van der Waals surface area contributed by atoms with E-state index >= 15 is 0 Å². The van der Waals surface area contributed by atoms with E-state index in [-0.39, 0.29) is 23.8 Å². The predicted molar refractivity (Wildman–Crippen MR) is 120 cm³/mol. The summed E-state index contributed by atoms with van der Waals surface area (Å²) in [7, 11) is -1.10. The Morgan fingerprint density at radius 3 is 2.34 bits per heavy atom. The van der Waals surface area contributed by atoms with Crippen molar-refractivity contribution in [2.75, 3.05) is 20.7 Å². The number of sulfonamides is 1. The second-order valence-corrected chi connectivity index (χ2v) is 9.73. The average Bonchev–Trinajstić information content (AvgIpc) is 2.67. The minimum atomic E-state index is -3.85. The van der Waals surface area contributed by atoms with Crippen molar-refractivity contribution in [1.29, 1.82) is 0 Å². The number of aryl methyl sites for hydroxylation is 1. The molecule has 0 aliphatic heterocycles. The third kappa shape index (κ3) is 9.52. The Morgan fingerprint density at radius 2 is 1.81 bits per heavy atom. The molecule has 32 heavy (non-hydrogen) atoms. The lowest BCUT2D eigenvalue weighted by Crippen LogP contribution is -2.48. The molecule has 180 valence electrons. The molecule has 1 atom stereocenters. The Hall–Kier alpha value is -2.86. The highest BCUT2D eigenvalue weighted by Crippen LogP contribution is 2.10. The number of benzene rings is 1. The van der Waals surface area contributed by atoms with Crippen molar-refractivity contribution in [2.45, 2.75) is 57.1 Å². The number of nitrogens with two attached hydrogens (primary N) is 1. The highest BCUT2D eigenvalue weighted by Gasteiger charge is 2.26. The number of hydrogen-bond donors (Lipinski definition) is 3. The lowest BCUT2D eigenvalue weighted by Gasteiger charge is -2.25. The van der Waals surface area contributed by atoms with E-state index in [4.69, 9.17) is 15.3 Å². The van der Waals surface area contributed by atoms with Gasteiger partial charge in [-0.3, -0.25) is 14.6 Å². The number of nitrogens with zero attached hydrogens (tertiary/aromatic N) is 2. The molecule has 1 aromatic carbocycles. The monoisotopic (exact) mass is 471 g/mol. The molecule has 1 rings (SSSR count). The minimum absolute atomic E-state index is 0.0658. The smallest absolute Gasteiger partial charge is 0.408 e. The summed E-state index contributed by atoms with van der Waals surface area (Å²) in [6.45, 7) is 7.10. The normalized spacial score (nSPS) is 13.2. The molecule has 4 N–H and O–H groups in total. The Kier molecular flexibility index (Phi) is 9.91. The molecular weight excluding hydrogens is 438 g/mol. The molecule has 0 fully saturated rings. The van der Waals surface area contributed by atoms with Crippen molar-refractivity contribution >= 4 is 28.0 Å². The van der Waals surface area contributed by atoms with Crippen LogP contribution in [-0.4, -0.2) is 63.8 Å². The summed E-state index contributed by atoms with van der Waals surface area (Å²) in [5, 5.41) is 3.51. The van der Waals surface area contributed by atoms with Gasteiger partial charge in [-0.2, -0.15) is 0 Å². The number of ether oxygens (including phenoxy) is 1. The van der Waals surface area contributed by atoms with Crippen LogP contribution in [0.3, 0.4) is 0 Å². The van der Waals surface area contributed by atoms with Crippen LogP contribution in [0.25, 0.3) is 0 Å².